The van der Waals surface area contributed by atoms with Crippen molar-refractivity contribution in [2.45, 2.75) is 71.6 Å². The van der Waals surface area contributed by atoms with Gasteiger partial charge in [-0.15, -0.1) is 0 Å². The second-order valence-corrected chi connectivity index (χ2v) is 18.4. The second kappa shape index (κ2) is 19.1. The van der Waals surface area contributed by atoms with Crippen molar-refractivity contribution in [1.82, 2.24) is 4.98 Å². The Kier molecular flexibility index (Phi) is 14.9. The van der Waals surface area contributed by atoms with Crippen LogP contribution in [0.4, 0.5) is 0 Å². The number of fused-ring (bicyclic) bond motifs is 1. The van der Waals surface area contributed by atoms with Crippen LogP contribution in [0.15, 0.2) is 72.8 Å². The van der Waals surface area contributed by atoms with E-state index in [0.29, 0.717) is 48.6 Å². The van der Waals surface area contributed by atoms with Gasteiger partial charge in [-0.2, -0.15) is 0 Å². The van der Waals surface area contributed by atoms with Gasteiger partial charge in [-0.05, 0) is 58.8 Å². The zero-order valence-corrected chi connectivity index (χ0v) is 34.1. The number of aromatic nitrogens is 1. The predicted octanol–water partition coefficient (Wildman–Crippen LogP) is 6.56. The molecule has 0 aliphatic rings. The van der Waals surface area contributed by atoms with E-state index in [1.165, 1.54) is 17.3 Å². The number of aromatic amines is 1. The summed E-state index contributed by atoms with van der Waals surface area (Å²) in [6, 6.07) is 24.7. The average molecular weight is 758 g/mol. The van der Waals surface area contributed by atoms with E-state index in [0.717, 1.165) is 10.9 Å². The minimum Gasteiger partial charge on any atom is -0.493 e. The first-order chi connectivity index (χ1) is 25.9. The average Bonchev–Trinajstić information content (AvgIpc) is 3.51. The van der Waals surface area contributed by atoms with E-state index in [4.69, 9.17) is 32.8 Å². The van der Waals surface area contributed by atoms with E-state index in [1.807, 2.05) is 24.3 Å². The number of methoxy groups -OCH3 is 4. The van der Waals surface area contributed by atoms with Gasteiger partial charge in [0.2, 0.25) is 0 Å². The van der Waals surface area contributed by atoms with Crippen LogP contribution in [-0.2, 0) is 39.4 Å². The Morgan fingerprint density at radius 1 is 0.833 bits per heavy atom. The molecule has 1 atom stereocenters. The smallest absolute Gasteiger partial charge is 0.307 e. The Labute approximate surface area is 320 Å². The molecule has 0 fully saturated rings. The number of H-pyrrole nitrogens is 1. The fraction of sp³-hybridized carbons (Fsp3) is 0.442. The third-order valence-electron chi connectivity index (χ3n) is 9.66. The van der Waals surface area contributed by atoms with Crippen LogP contribution in [0.25, 0.3) is 10.9 Å². The minimum atomic E-state index is -2.82. The summed E-state index contributed by atoms with van der Waals surface area (Å²) in [5, 5.41) is 3.00. The Morgan fingerprint density at radius 3 is 1.98 bits per heavy atom. The minimum absolute atomic E-state index is 0.0838. The van der Waals surface area contributed by atoms with Crippen LogP contribution in [0.1, 0.15) is 65.1 Å². The van der Waals surface area contributed by atoms with Gasteiger partial charge in [0.1, 0.15) is 0 Å². The summed E-state index contributed by atoms with van der Waals surface area (Å²) in [6.45, 7) is 10.6. The van der Waals surface area contributed by atoms with Crippen molar-refractivity contribution in [2.75, 3.05) is 48.3 Å². The monoisotopic (exact) mass is 757 g/mol. The first kappa shape index (κ1) is 42.1. The van der Waals surface area contributed by atoms with E-state index < -0.39 is 26.0 Å². The SMILES string of the molecule is CCOC(=O)C[C@](C#Cc1[nH]c2c(OC)c(OC)ccc2c1CCOC(C)=O)(CCCO[Si](c1ccccc1)(c1ccccc1)C(C)(C)C)C(OC)OC. The lowest BCUT2D eigenvalue weighted by molar-refractivity contribution is -0.176. The summed E-state index contributed by atoms with van der Waals surface area (Å²) >= 11 is 0. The normalized spacial score (nSPS) is 12.9. The van der Waals surface area contributed by atoms with Gasteiger partial charge in [0.05, 0.1) is 50.5 Å². The van der Waals surface area contributed by atoms with Gasteiger partial charge in [0.15, 0.2) is 17.8 Å². The maximum absolute atomic E-state index is 13.4. The molecule has 0 amide bonds. The van der Waals surface area contributed by atoms with Gasteiger partial charge in [-0.25, -0.2) is 0 Å². The van der Waals surface area contributed by atoms with E-state index in [-0.39, 0.29) is 30.6 Å². The molecule has 4 rings (SSSR count). The number of carbonyl (C=O) groups is 2. The Hall–Kier alpha value is -4.60. The molecule has 54 heavy (non-hydrogen) atoms. The highest BCUT2D eigenvalue weighted by molar-refractivity contribution is 6.99. The maximum atomic E-state index is 13.4. The molecule has 0 aliphatic carbocycles. The van der Waals surface area contributed by atoms with Crippen LogP contribution >= 0.6 is 0 Å². The van der Waals surface area contributed by atoms with Gasteiger partial charge in [-0.1, -0.05) is 87.4 Å². The number of hydrogen-bond donors (Lipinski definition) is 1. The molecule has 0 saturated heterocycles. The van der Waals surface area contributed by atoms with Gasteiger partial charge in [0.25, 0.3) is 8.32 Å². The lowest BCUT2D eigenvalue weighted by Crippen LogP contribution is -2.66. The molecular weight excluding hydrogens is 703 g/mol. The quantitative estimate of drug-likeness (QED) is 0.0397. The molecule has 0 radical (unpaired) electrons. The molecule has 4 aromatic rings. The van der Waals surface area contributed by atoms with Crippen LogP contribution in [-0.4, -0.2) is 79.8 Å². The summed E-state index contributed by atoms with van der Waals surface area (Å²) in [7, 11) is 3.41. The lowest BCUT2D eigenvalue weighted by atomic mass is 9.79. The number of rotatable bonds is 18. The number of hydrogen-bond acceptors (Lipinski definition) is 9. The zero-order valence-electron chi connectivity index (χ0n) is 33.1. The first-order valence-corrected chi connectivity index (χ1v) is 20.2. The molecule has 1 aromatic heterocycles. The van der Waals surface area contributed by atoms with Gasteiger partial charge >= 0.3 is 11.9 Å². The van der Waals surface area contributed by atoms with Gasteiger partial charge in [0, 0.05) is 39.6 Å². The topological polar surface area (TPSA) is 115 Å². The summed E-state index contributed by atoms with van der Waals surface area (Å²) in [5.41, 5.74) is 0.942. The van der Waals surface area contributed by atoms with E-state index in [2.05, 4.69) is 86.1 Å². The molecule has 290 valence electrons. The third kappa shape index (κ3) is 9.36. The molecular formula is C43H55NO9Si. The van der Waals surface area contributed by atoms with Crippen LogP contribution < -0.4 is 19.8 Å². The van der Waals surface area contributed by atoms with Crippen LogP contribution in [0.5, 0.6) is 11.5 Å². The van der Waals surface area contributed by atoms with Crippen molar-refractivity contribution in [1.29, 1.82) is 0 Å². The highest BCUT2D eigenvalue weighted by Gasteiger charge is 2.50. The summed E-state index contributed by atoms with van der Waals surface area (Å²) in [6.07, 6.45) is 0.349. The van der Waals surface area contributed by atoms with Crippen LogP contribution in [0.3, 0.4) is 0 Å². The fourth-order valence-electron chi connectivity index (χ4n) is 7.33. The molecule has 11 heteroatoms. The zero-order chi connectivity index (χ0) is 39.4. The Bertz CT molecular complexity index is 1850. The van der Waals surface area contributed by atoms with Crippen LogP contribution in [0.2, 0.25) is 5.04 Å². The molecule has 0 spiro atoms. The van der Waals surface area contributed by atoms with Crippen molar-refractivity contribution < 1.29 is 42.4 Å². The summed E-state index contributed by atoms with van der Waals surface area (Å²) in [5.74, 6) is 7.07. The van der Waals surface area contributed by atoms with Gasteiger partial charge < -0.3 is 37.8 Å². The molecule has 0 aliphatic heterocycles. The highest BCUT2D eigenvalue weighted by atomic mass is 28.4. The summed E-state index contributed by atoms with van der Waals surface area (Å²) in [4.78, 5) is 28.5. The molecule has 10 nitrogen and oxygen atoms in total. The van der Waals surface area contributed by atoms with Crippen molar-refractivity contribution in [3.63, 3.8) is 0 Å². The summed E-state index contributed by atoms with van der Waals surface area (Å²) < 4.78 is 41.1. The van der Waals surface area contributed by atoms with Crippen molar-refractivity contribution in [2.24, 2.45) is 5.41 Å². The van der Waals surface area contributed by atoms with E-state index >= 15 is 0 Å². The van der Waals surface area contributed by atoms with Gasteiger partial charge in [-0.3, -0.25) is 9.59 Å². The lowest BCUT2D eigenvalue weighted by Gasteiger charge is -2.43. The first-order valence-electron chi connectivity index (χ1n) is 18.3. The molecule has 0 unspecified atom stereocenters. The maximum Gasteiger partial charge on any atom is 0.307 e. The predicted molar refractivity (Wildman–Crippen MR) is 213 cm³/mol. The number of benzene rings is 3. The molecule has 1 N–H and O–H groups in total. The Balaban J connectivity index is 1.82. The van der Waals surface area contributed by atoms with Crippen molar-refractivity contribution >= 4 is 41.5 Å². The second-order valence-electron chi connectivity index (χ2n) is 14.1. The standard InChI is InChI=1S/C43H55NO9Si/c1-10-51-38(46)30-43(41(49-8)50-9,26-17-28-53-54(42(3,4)5,32-18-13-11-14-19-32)33-20-15-12-16-21-33)27-24-36-34(25-29-52-31(2)45)35-22-23-37(47-6)40(48-7)39(35)44-36/h11-16,18-23,41,44H,10,17,25-26,28-30H2,1-9H3/t43-/m1/s1. The Morgan fingerprint density at radius 2 is 1.46 bits per heavy atom. The highest BCUT2D eigenvalue weighted by Crippen LogP contribution is 2.40. The van der Waals surface area contributed by atoms with Crippen molar-refractivity contribution in [3.8, 4) is 23.3 Å². The van der Waals surface area contributed by atoms with E-state index in [9.17, 15) is 9.59 Å². The molecule has 1 heterocycles. The fourth-order valence-corrected chi connectivity index (χ4v) is 11.9. The number of nitrogens with one attached hydrogen (secondary N) is 1. The van der Waals surface area contributed by atoms with E-state index in [1.54, 1.807) is 35.4 Å². The largest absolute Gasteiger partial charge is 0.493 e. The molecule has 0 saturated carbocycles. The number of ether oxygens (including phenoxy) is 6. The van der Waals surface area contributed by atoms with Crippen molar-refractivity contribution in [3.05, 3.63) is 84.1 Å². The van der Waals surface area contributed by atoms with Crippen LogP contribution in [0, 0.1) is 17.3 Å². The third-order valence-corrected chi connectivity index (χ3v) is 14.7. The molecule has 3 aromatic carbocycles. The number of carbonyl (C=O) groups excluding carboxylic acids is 2. The number of esters is 2. The molecule has 0 bridgehead atoms.